The Balaban J connectivity index is 1.44. The summed E-state index contributed by atoms with van der Waals surface area (Å²) in [6, 6.07) is 10.7. The van der Waals surface area contributed by atoms with Crippen molar-refractivity contribution in [3.05, 3.63) is 48.3 Å². The van der Waals surface area contributed by atoms with Crippen LogP contribution in [0.15, 0.2) is 47.6 Å². The lowest BCUT2D eigenvalue weighted by Gasteiger charge is -2.31. The van der Waals surface area contributed by atoms with Crippen molar-refractivity contribution in [1.29, 1.82) is 0 Å². The lowest BCUT2D eigenvalue weighted by Crippen LogP contribution is -2.36. The quantitative estimate of drug-likeness (QED) is 0.844. The van der Waals surface area contributed by atoms with Gasteiger partial charge >= 0.3 is 0 Å². The molecule has 0 spiro atoms. The fraction of sp³-hybridized carbons (Fsp3) is 0.471. The van der Waals surface area contributed by atoms with Crippen molar-refractivity contribution in [2.45, 2.75) is 36.5 Å². The van der Waals surface area contributed by atoms with E-state index in [2.05, 4.69) is 52.9 Å². The monoisotopic (exact) mass is 301 g/mol. The summed E-state index contributed by atoms with van der Waals surface area (Å²) in [6.07, 6.45) is 6.47. The highest BCUT2D eigenvalue weighted by Crippen LogP contribution is 2.32. The minimum atomic E-state index is 0.770. The van der Waals surface area contributed by atoms with Gasteiger partial charge in [0.15, 0.2) is 0 Å². The molecule has 0 unspecified atom stereocenters. The molecular weight excluding hydrogens is 278 g/mol. The van der Waals surface area contributed by atoms with E-state index in [9.17, 15) is 0 Å². The summed E-state index contributed by atoms with van der Waals surface area (Å²) in [7, 11) is 0. The van der Waals surface area contributed by atoms with Gasteiger partial charge in [0.25, 0.3) is 0 Å². The highest BCUT2D eigenvalue weighted by molar-refractivity contribution is 8.00. The van der Waals surface area contributed by atoms with E-state index in [4.69, 9.17) is 0 Å². The zero-order valence-electron chi connectivity index (χ0n) is 12.6. The van der Waals surface area contributed by atoms with Gasteiger partial charge in [-0.15, -0.1) is 11.8 Å². The number of rotatable bonds is 5. The van der Waals surface area contributed by atoms with Crippen LogP contribution in [0.3, 0.4) is 0 Å². The Bertz CT molecular complexity index is 545. The third-order valence-corrected chi connectivity index (χ3v) is 5.64. The van der Waals surface area contributed by atoms with Crippen molar-refractivity contribution in [2.24, 2.45) is 0 Å². The van der Waals surface area contributed by atoms with Gasteiger partial charge in [-0.05, 0) is 50.6 Å². The number of aryl methyl sites for hydroxylation is 1. The zero-order chi connectivity index (χ0) is 14.5. The highest BCUT2D eigenvalue weighted by Gasteiger charge is 2.20. The molecule has 0 radical (unpaired) electrons. The molecule has 1 aliphatic rings. The van der Waals surface area contributed by atoms with Crippen molar-refractivity contribution in [1.82, 2.24) is 14.7 Å². The second kappa shape index (κ2) is 7.14. The fourth-order valence-corrected chi connectivity index (χ4v) is 4.01. The van der Waals surface area contributed by atoms with Gasteiger partial charge in [-0.3, -0.25) is 4.68 Å². The lowest BCUT2D eigenvalue weighted by atomic mass is 10.1. The van der Waals surface area contributed by atoms with Crippen LogP contribution >= 0.6 is 11.8 Å². The molecule has 2 heterocycles. The third kappa shape index (κ3) is 4.11. The van der Waals surface area contributed by atoms with Crippen LogP contribution in [-0.4, -0.2) is 39.6 Å². The highest BCUT2D eigenvalue weighted by atomic mass is 32.2. The first-order valence-corrected chi connectivity index (χ1v) is 8.61. The first-order chi connectivity index (χ1) is 10.3. The van der Waals surface area contributed by atoms with E-state index in [-0.39, 0.29) is 0 Å². The Labute approximate surface area is 131 Å². The number of hydrogen-bond acceptors (Lipinski definition) is 3. The molecule has 1 saturated heterocycles. The first kappa shape index (κ1) is 14.7. The summed E-state index contributed by atoms with van der Waals surface area (Å²) in [5.41, 5.74) is 1.41. The summed E-state index contributed by atoms with van der Waals surface area (Å²) in [6.45, 7) is 6.75. The van der Waals surface area contributed by atoms with Crippen LogP contribution < -0.4 is 0 Å². The van der Waals surface area contributed by atoms with Crippen molar-refractivity contribution in [3.8, 4) is 0 Å². The molecule has 112 valence electrons. The number of thioether (sulfide) groups is 1. The van der Waals surface area contributed by atoms with Crippen molar-refractivity contribution < 1.29 is 0 Å². The van der Waals surface area contributed by atoms with Gasteiger partial charge in [-0.1, -0.05) is 18.2 Å². The molecule has 0 atom stereocenters. The topological polar surface area (TPSA) is 21.1 Å². The Kier molecular flexibility index (Phi) is 4.99. The molecule has 3 rings (SSSR count). The smallest absolute Gasteiger partial charge is 0.0536 e. The minimum Gasteiger partial charge on any atom is -0.301 e. The Morgan fingerprint density at radius 3 is 2.67 bits per heavy atom. The number of aromatic nitrogens is 2. The van der Waals surface area contributed by atoms with Gasteiger partial charge < -0.3 is 4.90 Å². The second-order valence-corrected chi connectivity index (χ2v) is 7.04. The van der Waals surface area contributed by atoms with E-state index < -0.39 is 0 Å². The van der Waals surface area contributed by atoms with E-state index in [1.54, 1.807) is 0 Å². The molecule has 3 nitrogen and oxygen atoms in total. The number of piperidine rings is 1. The largest absolute Gasteiger partial charge is 0.301 e. The molecule has 0 bridgehead atoms. The van der Waals surface area contributed by atoms with E-state index in [0.717, 1.165) is 18.3 Å². The molecule has 0 N–H and O–H groups in total. The van der Waals surface area contributed by atoms with Crippen LogP contribution in [0.5, 0.6) is 0 Å². The van der Waals surface area contributed by atoms with Crippen LogP contribution in [0.2, 0.25) is 0 Å². The Morgan fingerprint density at radius 2 is 1.95 bits per heavy atom. The molecule has 1 aliphatic heterocycles. The summed E-state index contributed by atoms with van der Waals surface area (Å²) in [5, 5.41) is 5.04. The molecule has 1 fully saturated rings. The lowest BCUT2D eigenvalue weighted by molar-refractivity contribution is 0.221. The predicted octanol–water partition coefficient (Wildman–Crippen LogP) is 3.45. The number of likely N-dealkylation sites (tertiary alicyclic amines) is 1. The number of nitrogens with zero attached hydrogens (tertiary/aromatic N) is 3. The second-order valence-electron chi connectivity index (χ2n) is 5.69. The van der Waals surface area contributed by atoms with Gasteiger partial charge in [0.05, 0.1) is 6.54 Å². The molecule has 1 aromatic heterocycles. The summed E-state index contributed by atoms with van der Waals surface area (Å²) in [4.78, 5) is 4.02. The normalized spacial score (nSPS) is 17.2. The predicted molar refractivity (Wildman–Crippen MR) is 88.7 cm³/mol. The van der Waals surface area contributed by atoms with Crippen LogP contribution in [0.4, 0.5) is 0 Å². The number of benzene rings is 1. The SMILES string of the molecule is Cc1ccccc1SC1CCN(CCn2cccn2)CC1. The summed E-state index contributed by atoms with van der Waals surface area (Å²) in [5.74, 6) is 0. The first-order valence-electron chi connectivity index (χ1n) is 7.73. The van der Waals surface area contributed by atoms with E-state index in [1.807, 2.05) is 23.1 Å². The van der Waals surface area contributed by atoms with Crippen molar-refractivity contribution >= 4 is 11.8 Å². The van der Waals surface area contributed by atoms with Crippen LogP contribution in [0, 0.1) is 6.92 Å². The molecule has 1 aromatic carbocycles. The molecular formula is C17H23N3S. The van der Waals surface area contributed by atoms with Gasteiger partial charge in [0.2, 0.25) is 0 Å². The minimum absolute atomic E-state index is 0.770. The Morgan fingerprint density at radius 1 is 1.14 bits per heavy atom. The molecule has 0 saturated carbocycles. The van der Waals surface area contributed by atoms with Crippen LogP contribution in [0.25, 0.3) is 0 Å². The molecule has 0 aliphatic carbocycles. The average Bonchev–Trinajstić information content (AvgIpc) is 3.02. The van der Waals surface area contributed by atoms with E-state index in [1.165, 1.54) is 36.4 Å². The van der Waals surface area contributed by atoms with Crippen LogP contribution in [-0.2, 0) is 6.54 Å². The molecule has 2 aromatic rings. The third-order valence-electron chi connectivity index (χ3n) is 4.13. The fourth-order valence-electron chi connectivity index (χ4n) is 2.80. The van der Waals surface area contributed by atoms with Crippen molar-refractivity contribution in [3.63, 3.8) is 0 Å². The molecule has 21 heavy (non-hydrogen) atoms. The maximum atomic E-state index is 4.27. The maximum Gasteiger partial charge on any atom is 0.0536 e. The van der Waals surface area contributed by atoms with E-state index >= 15 is 0 Å². The van der Waals surface area contributed by atoms with Crippen LogP contribution in [0.1, 0.15) is 18.4 Å². The van der Waals surface area contributed by atoms with Gasteiger partial charge in [-0.2, -0.15) is 5.10 Å². The Hall–Kier alpha value is -1.26. The summed E-state index contributed by atoms with van der Waals surface area (Å²) < 4.78 is 2.02. The average molecular weight is 301 g/mol. The van der Waals surface area contributed by atoms with Gasteiger partial charge in [-0.25, -0.2) is 0 Å². The van der Waals surface area contributed by atoms with Gasteiger partial charge in [0, 0.05) is 29.1 Å². The summed E-state index contributed by atoms with van der Waals surface area (Å²) >= 11 is 2.06. The van der Waals surface area contributed by atoms with Crippen molar-refractivity contribution in [2.75, 3.05) is 19.6 Å². The maximum absolute atomic E-state index is 4.27. The molecule has 0 amide bonds. The zero-order valence-corrected chi connectivity index (χ0v) is 13.4. The number of hydrogen-bond donors (Lipinski definition) is 0. The van der Waals surface area contributed by atoms with E-state index in [0.29, 0.717) is 0 Å². The standard InChI is InChI=1S/C17H23N3S/c1-15-5-2-3-6-17(15)21-16-7-11-19(12-8-16)13-14-20-10-4-9-18-20/h2-6,9-10,16H,7-8,11-14H2,1H3. The molecule has 4 heteroatoms. The van der Waals surface area contributed by atoms with Gasteiger partial charge in [0.1, 0.15) is 0 Å².